The minimum absolute atomic E-state index is 0.504. The van der Waals surface area contributed by atoms with Gasteiger partial charge in [0.1, 0.15) is 0 Å². The summed E-state index contributed by atoms with van der Waals surface area (Å²) in [6.07, 6.45) is 6.83. The van der Waals surface area contributed by atoms with E-state index < -0.39 is 0 Å². The molecular weight excluding hydrogens is 254 g/mol. The average molecular weight is 287 g/mol. The predicted octanol–water partition coefficient (Wildman–Crippen LogP) is 4.98. The van der Waals surface area contributed by atoms with E-state index in [1.807, 2.05) is 0 Å². The van der Waals surface area contributed by atoms with Gasteiger partial charge in [-0.05, 0) is 74.9 Å². The summed E-state index contributed by atoms with van der Waals surface area (Å²) in [5, 5.41) is 3.68. The highest BCUT2D eigenvalue weighted by atomic mass is 14.9. The molecule has 1 nitrogen and oxygen atoms in total. The Labute approximate surface area is 131 Å². The van der Waals surface area contributed by atoms with Crippen LogP contribution in [0.3, 0.4) is 0 Å². The Kier molecular flexibility index (Phi) is 5.87. The highest BCUT2D eigenvalue weighted by Gasteiger charge is 2.29. The number of aryl methyl sites for hydroxylation is 1. The second kappa shape index (κ2) is 7.45. The number of rotatable bonds is 5. The second-order valence-electron chi connectivity index (χ2n) is 8.03. The van der Waals surface area contributed by atoms with Crippen LogP contribution in [0.25, 0.3) is 0 Å². The summed E-state index contributed by atoms with van der Waals surface area (Å²) in [4.78, 5) is 0. The smallest absolute Gasteiger partial charge is 0.000823 e. The van der Waals surface area contributed by atoms with Crippen LogP contribution >= 0.6 is 0 Å². The van der Waals surface area contributed by atoms with Crippen LogP contribution in [-0.4, -0.2) is 13.1 Å². The van der Waals surface area contributed by atoms with Gasteiger partial charge in [-0.1, -0.05) is 50.6 Å². The van der Waals surface area contributed by atoms with E-state index in [1.165, 1.54) is 43.4 Å². The summed E-state index contributed by atoms with van der Waals surface area (Å²) in [7, 11) is 0. The van der Waals surface area contributed by atoms with Crippen molar-refractivity contribution in [1.82, 2.24) is 5.32 Å². The largest absolute Gasteiger partial charge is 0.316 e. The summed E-state index contributed by atoms with van der Waals surface area (Å²) < 4.78 is 0. The van der Waals surface area contributed by atoms with Crippen LogP contribution in [0, 0.1) is 24.2 Å². The molecule has 0 radical (unpaired) electrons. The summed E-state index contributed by atoms with van der Waals surface area (Å²) in [5.41, 5.74) is 3.33. The predicted molar refractivity (Wildman–Crippen MR) is 92.7 cm³/mol. The molecule has 0 amide bonds. The first-order valence-electron chi connectivity index (χ1n) is 8.71. The quantitative estimate of drug-likeness (QED) is 0.753. The van der Waals surface area contributed by atoms with E-state index in [1.54, 1.807) is 0 Å². The van der Waals surface area contributed by atoms with Gasteiger partial charge in [0.15, 0.2) is 0 Å². The van der Waals surface area contributed by atoms with Crippen LogP contribution < -0.4 is 5.32 Å². The lowest BCUT2D eigenvalue weighted by molar-refractivity contribution is 0.149. The van der Waals surface area contributed by atoms with Crippen molar-refractivity contribution in [2.45, 2.75) is 59.8 Å². The van der Waals surface area contributed by atoms with Gasteiger partial charge in [-0.25, -0.2) is 0 Å². The molecule has 0 spiro atoms. The Balaban J connectivity index is 1.62. The van der Waals surface area contributed by atoms with Gasteiger partial charge < -0.3 is 5.32 Å². The average Bonchev–Trinajstić information content (AvgIpc) is 2.43. The van der Waals surface area contributed by atoms with Crippen LogP contribution in [0.4, 0.5) is 0 Å². The SMILES string of the molecule is Cc1cccc(CCNCC2CCC(C(C)(C)C)CC2)c1. The Bertz CT molecular complexity index is 422. The van der Waals surface area contributed by atoms with Gasteiger partial charge >= 0.3 is 0 Å². The van der Waals surface area contributed by atoms with Gasteiger partial charge in [0, 0.05) is 0 Å². The molecule has 1 fully saturated rings. The molecule has 0 aromatic heterocycles. The molecule has 1 heteroatoms. The normalized spacial score (nSPS) is 23.2. The van der Waals surface area contributed by atoms with Crippen molar-refractivity contribution in [3.63, 3.8) is 0 Å². The molecule has 118 valence electrons. The summed E-state index contributed by atoms with van der Waals surface area (Å²) in [6, 6.07) is 8.88. The monoisotopic (exact) mass is 287 g/mol. The molecule has 2 rings (SSSR count). The van der Waals surface area contributed by atoms with Gasteiger partial charge in [0.25, 0.3) is 0 Å². The zero-order valence-corrected chi connectivity index (χ0v) is 14.4. The minimum atomic E-state index is 0.504. The van der Waals surface area contributed by atoms with Crippen LogP contribution in [0.1, 0.15) is 57.6 Å². The van der Waals surface area contributed by atoms with Crippen molar-refractivity contribution >= 4 is 0 Å². The number of hydrogen-bond acceptors (Lipinski definition) is 1. The van der Waals surface area contributed by atoms with E-state index in [9.17, 15) is 0 Å². The molecule has 1 N–H and O–H groups in total. The molecular formula is C20H33N. The van der Waals surface area contributed by atoms with Crippen molar-refractivity contribution in [2.75, 3.05) is 13.1 Å². The fourth-order valence-corrected chi connectivity index (χ4v) is 3.64. The van der Waals surface area contributed by atoms with Crippen LogP contribution in [0.15, 0.2) is 24.3 Å². The Morgan fingerprint density at radius 2 is 1.81 bits per heavy atom. The molecule has 0 saturated heterocycles. The second-order valence-corrected chi connectivity index (χ2v) is 8.03. The molecule has 1 aliphatic carbocycles. The first-order valence-corrected chi connectivity index (χ1v) is 8.71. The third-order valence-corrected chi connectivity index (χ3v) is 5.18. The van der Waals surface area contributed by atoms with Crippen LogP contribution in [-0.2, 0) is 6.42 Å². The van der Waals surface area contributed by atoms with Crippen LogP contribution in [0.2, 0.25) is 0 Å². The maximum atomic E-state index is 3.68. The van der Waals surface area contributed by atoms with Gasteiger partial charge in [0.2, 0.25) is 0 Å². The van der Waals surface area contributed by atoms with Gasteiger partial charge in [-0.3, -0.25) is 0 Å². The van der Waals surface area contributed by atoms with Crippen molar-refractivity contribution in [2.24, 2.45) is 17.3 Å². The van der Waals surface area contributed by atoms with Gasteiger partial charge in [-0.15, -0.1) is 0 Å². The molecule has 0 bridgehead atoms. The highest BCUT2D eigenvalue weighted by molar-refractivity contribution is 5.22. The minimum Gasteiger partial charge on any atom is -0.316 e. The summed E-state index contributed by atoms with van der Waals surface area (Å²) in [6.45, 7) is 11.7. The summed E-state index contributed by atoms with van der Waals surface area (Å²) >= 11 is 0. The molecule has 1 aromatic carbocycles. The maximum absolute atomic E-state index is 3.68. The molecule has 0 atom stereocenters. The lowest BCUT2D eigenvalue weighted by atomic mass is 9.70. The van der Waals surface area contributed by atoms with Crippen molar-refractivity contribution in [1.29, 1.82) is 0 Å². The standard InChI is InChI=1S/C20H33N/c1-16-6-5-7-17(14-16)12-13-21-15-18-8-10-19(11-9-18)20(2,3)4/h5-7,14,18-19,21H,8-13,15H2,1-4H3. The molecule has 0 unspecified atom stereocenters. The van der Waals surface area contributed by atoms with E-state index in [2.05, 4.69) is 57.3 Å². The fraction of sp³-hybridized carbons (Fsp3) is 0.700. The molecule has 1 saturated carbocycles. The van der Waals surface area contributed by atoms with Crippen molar-refractivity contribution < 1.29 is 0 Å². The number of nitrogens with one attached hydrogen (secondary N) is 1. The van der Waals surface area contributed by atoms with Crippen molar-refractivity contribution in [3.8, 4) is 0 Å². The van der Waals surface area contributed by atoms with E-state index in [4.69, 9.17) is 0 Å². The molecule has 0 aliphatic heterocycles. The lowest BCUT2D eigenvalue weighted by Gasteiger charge is -2.37. The maximum Gasteiger partial charge on any atom is -0.000823 e. The number of benzene rings is 1. The third-order valence-electron chi connectivity index (χ3n) is 5.18. The third kappa shape index (κ3) is 5.47. The molecule has 1 aromatic rings. The highest BCUT2D eigenvalue weighted by Crippen LogP contribution is 2.39. The van der Waals surface area contributed by atoms with Gasteiger partial charge in [0.05, 0.1) is 0 Å². The van der Waals surface area contributed by atoms with Crippen LogP contribution in [0.5, 0.6) is 0 Å². The summed E-state index contributed by atoms with van der Waals surface area (Å²) in [5.74, 6) is 1.84. The lowest BCUT2D eigenvalue weighted by Crippen LogP contribution is -2.31. The Morgan fingerprint density at radius 3 is 2.43 bits per heavy atom. The first-order chi connectivity index (χ1) is 9.95. The Hall–Kier alpha value is -0.820. The topological polar surface area (TPSA) is 12.0 Å². The van der Waals surface area contributed by atoms with E-state index >= 15 is 0 Å². The Morgan fingerprint density at radius 1 is 1.10 bits per heavy atom. The first kappa shape index (κ1) is 16.5. The van der Waals surface area contributed by atoms with Gasteiger partial charge in [-0.2, -0.15) is 0 Å². The fourth-order valence-electron chi connectivity index (χ4n) is 3.64. The zero-order valence-electron chi connectivity index (χ0n) is 14.4. The molecule has 21 heavy (non-hydrogen) atoms. The zero-order chi connectivity index (χ0) is 15.3. The van der Waals surface area contributed by atoms with E-state index in [0.29, 0.717) is 5.41 Å². The van der Waals surface area contributed by atoms with Crippen molar-refractivity contribution in [3.05, 3.63) is 35.4 Å². The molecule has 0 heterocycles. The van der Waals surface area contributed by atoms with E-state index in [0.717, 1.165) is 24.8 Å². The number of hydrogen-bond donors (Lipinski definition) is 1. The molecule has 1 aliphatic rings. The van der Waals surface area contributed by atoms with E-state index in [-0.39, 0.29) is 0 Å².